The molecule has 2 atom stereocenters. The van der Waals surface area contributed by atoms with E-state index >= 15 is 0 Å². The predicted octanol–water partition coefficient (Wildman–Crippen LogP) is 0.255. The number of fused-ring (bicyclic) bond motifs is 1. The SMILES string of the molecule is C[C@H]1OCCN[C@@H]1C(=O)NCCc1cn2c(n1)CCCC2. The Morgan fingerprint density at radius 3 is 3.29 bits per heavy atom. The van der Waals surface area contributed by atoms with Gasteiger partial charge in [0, 0.05) is 38.7 Å². The third-order valence-corrected chi connectivity index (χ3v) is 4.24. The van der Waals surface area contributed by atoms with Gasteiger partial charge in [-0.2, -0.15) is 0 Å². The number of nitrogens with zero attached hydrogens (tertiary/aromatic N) is 2. The number of aromatic nitrogens is 2. The van der Waals surface area contributed by atoms with Gasteiger partial charge in [0.05, 0.1) is 18.4 Å². The van der Waals surface area contributed by atoms with E-state index in [4.69, 9.17) is 4.74 Å². The second-order valence-electron chi connectivity index (χ2n) is 5.85. The topological polar surface area (TPSA) is 68.2 Å². The monoisotopic (exact) mass is 292 g/mol. The van der Waals surface area contributed by atoms with Crippen molar-refractivity contribution in [1.29, 1.82) is 0 Å². The van der Waals surface area contributed by atoms with Crippen molar-refractivity contribution in [1.82, 2.24) is 20.2 Å². The minimum absolute atomic E-state index is 0.0196. The van der Waals surface area contributed by atoms with Gasteiger partial charge in [-0.3, -0.25) is 4.79 Å². The van der Waals surface area contributed by atoms with Crippen LogP contribution in [-0.2, 0) is 28.9 Å². The highest BCUT2D eigenvalue weighted by Crippen LogP contribution is 2.14. The maximum Gasteiger partial charge on any atom is 0.239 e. The maximum absolute atomic E-state index is 12.1. The first-order valence-electron chi connectivity index (χ1n) is 7.91. The molecule has 2 aliphatic rings. The number of carbonyl (C=O) groups is 1. The number of hydrogen-bond acceptors (Lipinski definition) is 4. The number of imidazole rings is 1. The second-order valence-corrected chi connectivity index (χ2v) is 5.85. The van der Waals surface area contributed by atoms with Crippen molar-refractivity contribution >= 4 is 5.91 Å². The van der Waals surface area contributed by atoms with Crippen LogP contribution in [0.3, 0.4) is 0 Å². The van der Waals surface area contributed by atoms with Gasteiger partial charge >= 0.3 is 0 Å². The molecule has 0 aromatic carbocycles. The molecule has 0 saturated carbocycles. The molecule has 0 spiro atoms. The zero-order valence-electron chi connectivity index (χ0n) is 12.6. The maximum atomic E-state index is 12.1. The molecule has 1 fully saturated rings. The molecule has 1 aromatic heterocycles. The molecule has 1 amide bonds. The summed E-state index contributed by atoms with van der Waals surface area (Å²) < 4.78 is 7.74. The first-order chi connectivity index (χ1) is 10.2. The van der Waals surface area contributed by atoms with Crippen molar-refractivity contribution in [3.05, 3.63) is 17.7 Å². The molecule has 1 aromatic rings. The van der Waals surface area contributed by atoms with Crippen LogP contribution in [0.25, 0.3) is 0 Å². The minimum atomic E-state index is -0.242. The lowest BCUT2D eigenvalue weighted by molar-refractivity contribution is -0.128. The molecular formula is C15H24N4O2. The Bertz CT molecular complexity index is 476. The Balaban J connectivity index is 1.47. The van der Waals surface area contributed by atoms with Gasteiger partial charge in [-0.1, -0.05) is 0 Å². The van der Waals surface area contributed by atoms with Crippen LogP contribution in [-0.4, -0.2) is 47.3 Å². The molecule has 2 N–H and O–H groups in total. The van der Waals surface area contributed by atoms with Crippen molar-refractivity contribution in [2.24, 2.45) is 0 Å². The van der Waals surface area contributed by atoms with Crippen LogP contribution in [0.1, 0.15) is 31.3 Å². The lowest BCUT2D eigenvalue weighted by Gasteiger charge is -2.29. The molecule has 116 valence electrons. The Morgan fingerprint density at radius 2 is 2.48 bits per heavy atom. The molecule has 0 radical (unpaired) electrons. The summed E-state index contributed by atoms with van der Waals surface area (Å²) in [5.74, 6) is 1.21. The summed E-state index contributed by atoms with van der Waals surface area (Å²) in [6.07, 6.45) is 6.40. The smallest absolute Gasteiger partial charge is 0.239 e. The summed E-state index contributed by atoms with van der Waals surface area (Å²) in [4.78, 5) is 16.8. The predicted molar refractivity (Wildman–Crippen MR) is 79.1 cm³/mol. The van der Waals surface area contributed by atoms with Crippen molar-refractivity contribution in [2.75, 3.05) is 19.7 Å². The van der Waals surface area contributed by atoms with E-state index in [2.05, 4.69) is 26.4 Å². The molecule has 2 aliphatic heterocycles. The van der Waals surface area contributed by atoms with Crippen molar-refractivity contribution < 1.29 is 9.53 Å². The van der Waals surface area contributed by atoms with E-state index in [1.165, 1.54) is 18.7 Å². The van der Waals surface area contributed by atoms with Gasteiger partial charge in [-0.25, -0.2) is 4.98 Å². The van der Waals surface area contributed by atoms with Crippen LogP contribution in [0.5, 0.6) is 0 Å². The van der Waals surface area contributed by atoms with Crippen LogP contribution in [0.15, 0.2) is 6.20 Å². The van der Waals surface area contributed by atoms with Crippen LogP contribution in [0.2, 0.25) is 0 Å². The number of aryl methyl sites for hydroxylation is 2. The number of ether oxygens (including phenoxy) is 1. The third-order valence-electron chi connectivity index (χ3n) is 4.24. The molecule has 1 saturated heterocycles. The van der Waals surface area contributed by atoms with Crippen molar-refractivity contribution in [3.8, 4) is 0 Å². The summed E-state index contributed by atoms with van der Waals surface area (Å²) in [6, 6.07) is -0.242. The van der Waals surface area contributed by atoms with Gasteiger partial charge in [-0.05, 0) is 19.8 Å². The molecule has 6 heteroatoms. The Morgan fingerprint density at radius 1 is 1.57 bits per heavy atom. The summed E-state index contributed by atoms with van der Waals surface area (Å²) >= 11 is 0. The van der Waals surface area contributed by atoms with Crippen molar-refractivity contribution in [3.63, 3.8) is 0 Å². The average Bonchev–Trinajstić information content (AvgIpc) is 2.90. The number of morpholine rings is 1. The third kappa shape index (κ3) is 3.44. The van der Waals surface area contributed by atoms with E-state index in [-0.39, 0.29) is 18.1 Å². The Labute approximate surface area is 125 Å². The minimum Gasteiger partial charge on any atom is -0.375 e. The van der Waals surface area contributed by atoms with Gasteiger partial charge in [-0.15, -0.1) is 0 Å². The summed E-state index contributed by atoms with van der Waals surface area (Å²) in [5, 5.41) is 6.18. The highest BCUT2D eigenvalue weighted by Gasteiger charge is 2.27. The number of carbonyl (C=O) groups excluding carboxylic acids is 1. The average molecular weight is 292 g/mol. The van der Waals surface area contributed by atoms with E-state index in [0.29, 0.717) is 13.2 Å². The Hall–Kier alpha value is -1.40. The highest BCUT2D eigenvalue weighted by molar-refractivity contribution is 5.82. The molecule has 0 aliphatic carbocycles. The molecule has 21 heavy (non-hydrogen) atoms. The molecule has 6 nitrogen and oxygen atoms in total. The number of rotatable bonds is 4. The first kappa shape index (κ1) is 14.5. The normalized spacial score (nSPS) is 25.4. The van der Waals surface area contributed by atoms with Gasteiger partial charge < -0.3 is 19.9 Å². The van der Waals surface area contributed by atoms with E-state index in [1.807, 2.05) is 6.92 Å². The van der Waals surface area contributed by atoms with E-state index < -0.39 is 0 Å². The van der Waals surface area contributed by atoms with Gasteiger partial charge in [0.25, 0.3) is 0 Å². The van der Waals surface area contributed by atoms with Crippen LogP contribution in [0, 0.1) is 0 Å². The number of amides is 1. The fraction of sp³-hybridized carbons (Fsp3) is 0.733. The van der Waals surface area contributed by atoms with E-state index in [1.54, 1.807) is 0 Å². The summed E-state index contributed by atoms with van der Waals surface area (Å²) in [6.45, 7) is 5.04. The second kappa shape index (κ2) is 6.58. The van der Waals surface area contributed by atoms with Gasteiger partial charge in [0.15, 0.2) is 0 Å². The first-order valence-corrected chi connectivity index (χ1v) is 7.91. The molecule has 0 unspecified atom stereocenters. The van der Waals surface area contributed by atoms with Crippen LogP contribution >= 0.6 is 0 Å². The zero-order chi connectivity index (χ0) is 14.7. The number of nitrogens with one attached hydrogen (secondary N) is 2. The zero-order valence-corrected chi connectivity index (χ0v) is 12.6. The molecular weight excluding hydrogens is 268 g/mol. The highest BCUT2D eigenvalue weighted by atomic mass is 16.5. The Kier molecular flexibility index (Phi) is 4.55. The molecule has 3 rings (SSSR count). The molecule has 0 bridgehead atoms. The largest absolute Gasteiger partial charge is 0.375 e. The van der Waals surface area contributed by atoms with Crippen molar-refractivity contribution in [2.45, 2.75) is 51.3 Å². The lowest BCUT2D eigenvalue weighted by Crippen LogP contribution is -2.55. The number of hydrogen-bond donors (Lipinski definition) is 2. The fourth-order valence-corrected chi connectivity index (χ4v) is 3.04. The standard InChI is InChI=1S/C15H24N4O2/c1-11-14(16-7-9-21-11)15(20)17-6-5-12-10-19-8-3-2-4-13(19)18-12/h10-11,14,16H,2-9H2,1H3,(H,17,20)/t11-,14+/m1/s1. The lowest BCUT2D eigenvalue weighted by atomic mass is 10.1. The van der Waals surface area contributed by atoms with Crippen LogP contribution in [0.4, 0.5) is 0 Å². The quantitative estimate of drug-likeness (QED) is 0.835. The van der Waals surface area contributed by atoms with Crippen LogP contribution < -0.4 is 10.6 Å². The fourth-order valence-electron chi connectivity index (χ4n) is 3.04. The van der Waals surface area contributed by atoms with Gasteiger partial charge in [0.2, 0.25) is 5.91 Å². The van der Waals surface area contributed by atoms with Gasteiger partial charge in [0.1, 0.15) is 11.9 Å². The van der Waals surface area contributed by atoms with E-state index in [0.717, 1.165) is 31.6 Å². The summed E-state index contributed by atoms with van der Waals surface area (Å²) in [5.41, 5.74) is 1.08. The summed E-state index contributed by atoms with van der Waals surface area (Å²) in [7, 11) is 0. The molecule has 3 heterocycles. The van der Waals surface area contributed by atoms with E-state index in [9.17, 15) is 4.79 Å².